The molecular formula is C17H18FN5OS. The van der Waals surface area contributed by atoms with Crippen LogP contribution in [0.1, 0.15) is 17.8 Å². The van der Waals surface area contributed by atoms with Crippen LogP contribution in [0.15, 0.2) is 24.5 Å². The molecular weight excluding hydrogens is 341 g/mol. The van der Waals surface area contributed by atoms with Gasteiger partial charge >= 0.3 is 6.03 Å². The Morgan fingerprint density at radius 3 is 3.24 bits per heavy atom. The lowest BCUT2D eigenvalue weighted by Gasteiger charge is -2.23. The van der Waals surface area contributed by atoms with E-state index >= 15 is 0 Å². The third-order valence-electron chi connectivity index (χ3n) is 4.47. The number of imidazole rings is 1. The number of urea groups is 1. The molecule has 1 atom stereocenters. The molecule has 0 saturated heterocycles. The number of hydrogen-bond donors (Lipinski definition) is 2. The number of nitrogens with zero attached hydrogens (tertiary/aromatic N) is 3. The molecule has 8 heteroatoms. The Hall–Kier alpha value is -2.48. The van der Waals surface area contributed by atoms with E-state index in [4.69, 9.17) is 0 Å². The fourth-order valence-electron chi connectivity index (χ4n) is 3.09. The number of rotatable bonds is 3. The van der Waals surface area contributed by atoms with E-state index in [1.54, 1.807) is 13.0 Å². The SMILES string of the molecule is Cc1cc2sc(NC(=O)NCC3CCc4nccn4C3)nc2cc1F. The fourth-order valence-corrected chi connectivity index (χ4v) is 4.03. The highest BCUT2D eigenvalue weighted by Gasteiger charge is 2.19. The maximum Gasteiger partial charge on any atom is 0.321 e. The first-order chi connectivity index (χ1) is 12.1. The van der Waals surface area contributed by atoms with Crippen LogP contribution in [-0.2, 0) is 13.0 Å². The Morgan fingerprint density at radius 1 is 1.48 bits per heavy atom. The Balaban J connectivity index is 1.35. The van der Waals surface area contributed by atoms with E-state index in [0.29, 0.717) is 28.7 Å². The largest absolute Gasteiger partial charge is 0.337 e. The third kappa shape index (κ3) is 3.34. The highest BCUT2D eigenvalue weighted by atomic mass is 32.1. The van der Waals surface area contributed by atoms with Gasteiger partial charge in [-0.3, -0.25) is 5.32 Å². The quantitative estimate of drug-likeness (QED) is 0.753. The zero-order valence-corrected chi connectivity index (χ0v) is 14.6. The molecule has 25 heavy (non-hydrogen) atoms. The summed E-state index contributed by atoms with van der Waals surface area (Å²) >= 11 is 1.34. The number of aryl methyl sites for hydroxylation is 2. The molecule has 1 aliphatic heterocycles. The van der Waals surface area contributed by atoms with Crippen LogP contribution in [-0.4, -0.2) is 27.1 Å². The standard InChI is InChI=1S/C17H18FN5OS/c1-10-6-14-13(7-12(10)18)21-17(25-14)22-16(24)20-8-11-2-3-15-19-4-5-23(15)9-11/h4-7,11H,2-3,8-9H2,1H3,(H2,20,21,22,24). The summed E-state index contributed by atoms with van der Waals surface area (Å²) in [5, 5.41) is 6.11. The third-order valence-corrected chi connectivity index (χ3v) is 5.41. The van der Waals surface area contributed by atoms with Gasteiger partial charge in [0, 0.05) is 38.0 Å². The van der Waals surface area contributed by atoms with Crippen LogP contribution in [0, 0.1) is 18.7 Å². The number of fused-ring (bicyclic) bond motifs is 2. The predicted octanol–water partition coefficient (Wildman–Crippen LogP) is 3.32. The number of aromatic nitrogens is 3. The lowest BCUT2D eigenvalue weighted by molar-refractivity contribution is 0.247. The second-order valence-corrected chi connectivity index (χ2v) is 7.35. The molecule has 3 heterocycles. The van der Waals surface area contributed by atoms with Gasteiger partial charge in [-0.25, -0.2) is 19.2 Å². The maximum atomic E-state index is 13.6. The molecule has 0 spiro atoms. The maximum absolute atomic E-state index is 13.6. The molecule has 0 bridgehead atoms. The number of nitrogens with one attached hydrogen (secondary N) is 2. The van der Waals surface area contributed by atoms with Crippen LogP contribution in [0.2, 0.25) is 0 Å². The van der Waals surface area contributed by atoms with Crippen molar-refractivity contribution in [3.63, 3.8) is 0 Å². The van der Waals surface area contributed by atoms with Gasteiger partial charge in [-0.2, -0.15) is 0 Å². The van der Waals surface area contributed by atoms with E-state index in [9.17, 15) is 9.18 Å². The molecule has 0 saturated carbocycles. The summed E-state index contributed by atoms with van der Waals surface area (Å²) in [6.45, 7) is 3.18. The number of carbonyl (C=O) groups excluding carboxylic acids is 1. The number of amides is 2. The lowest BCUT2D eigenvalue weighted by atomic mass is 9.99. The van der Waals surface area contributed by atoms with E-state index < -0.39 is 0 Å². The number of hydrogen-bond acceptors (Lipinski definition) is 4. The second kappa shape index (κ2) is 6.44. The summed E-state index contributed by atoms with van der Waals surface area (Å²) in [5.74, 6) is 1.21. The predicted molar refractivity (Wildman–Crippen MR) is 95.4 cm³/mol. The molecule has 130 valence electrons. The Morgan fingerprint density at radius 2 is 2.36 bits per heavy atom. The Bertz CT molecular complexity index is 895. The van der Waals surface area contributed by atoms with Crippen molar-refractivity contribution < 1.29 is 9.18 Å². The van der Waals surface area contributed by atoms with Crippen LogP contribution in [0.5, 0.6) is 0 Å². The van der Waals surface area contributed by atoms with Gasteiger partial charge in [-0.1, -0.05) is 11.3 Å². The van der Waals surface area contributed by atoms with Crippen molar-refractivity contribution in [1.82, 2.24) is 19.9 Å². The van der Waals surface area contributed by atoms with Gasteiger partial charge in [0.05, 0.1) is 10.2 Å². The number of anilines is 1. The molecule has 3 aromatic rings. The fraction of sp³-hybridized carbons (Fsp3) is 0.353. The molecule has 0 fully saturated rings. The zero-order valence-electron chi connectivity index (χ0n) is 13.8. The van der Waals surface area contributed by atoms with E-state index in [0.717, 1.165) is 29.9 Å². The zero-order chi connectivity index (χ0) is 17.4. The lowest BCUT2D eigenvalue weighted by Crippen LogP contribution is -2.36. The van der Waals surface area contributed by atoms with Crippen molar-refractivity contribution in [3.8, 4) is 0 Å². The number of benzene rings is 1. The molecule has 2 aromatic heterocycles. The van der Waals surface area contributed by atoms with Crippen LogP contribution in [0.3, 0.4) is 0 Å². The summed E-state index contributed by atoms with van der Waals surface area (Å²) in [7, 11) is 0. The highest BCUT2D eigenvalue weighted by molar-refractivity contribution is 7.22. The van der Waals surface area contributed by atoms with Crippen LogP contribution in [0.4, 0.5) is 14.3 Å². The average Bonchev–Trinajstić information content (AvgIpc) is 3.19. The first kappa shape index (κ1) is 16.0. The number of thiazole rings is 1. The van der Waals surface area contributed by atoms with Gasteiger partial charge in [-0.15, -0.1) is 0 Å². The van der Waals surface area contributed by atoms with Crippen LogP contribution in [0.25, 0.3) is 10.2 Å². The van der Waals surface area contributed by atoms with Gasteiger partial charge in [0.15, 0.2) is 5.13 Å². The molecule has 2 N–H and O–H groups in total. The normalized spacial score (nSPS) is 16.6. The van der Waals surface area contributed by atoms with Gasteiger partial charge in [0.25, 0.3) is 0 Å². The smallest absolute Gasteiger partial charge is 0.321 e. The van der Waals surface area contributed by atoms with E-state index in [1.165, 1.54) is 17.4 Å². The first-order valence-corrected chi connectivity index (χ1v) is 9.01. The molecule has 1 unspecified atom stereocenters. The van der Waals surface area contributed by atoms with Crippen molar-refractivity contribution in [2.24, 2.45) is 5.92 Å². The summed E-state index contributed by atoms with van der Waals surface area (Å²) < 4.78 is 16.6. The monoisotopic (exact) mass is 359 g/mol. The molecule has 2 amide bonds. The van der Waals surface area contributed by atoms with E-state index in [1.807, 2.05) is 12.4 Å². The van der Waals surface area contributed by atoms with Gasteiger partial charge < -0.3 is 9.88 Å². The number of halogens is 1. The minimum atomic E-state index is -0.287. The minimum absolute atomic E-state index is 0.285. The first-order valence-electron chi connectivity index (χ1n) is 8.20. The average molecular weight is 359 g/mol. The molecule has 6 nitrogen and oxygen atoms in total. The summed E-state index contributed by atoms with van der Waals surface area (Å²) in [6, 6.07) is 2.86. The second-order valence-electron chi connectivity index (χ2n) is 6.32. The van der Waals surface area contributed by atoms with Gasteiger partial charge in [0.2, 0.25) is 0 Å². The van der Waals surface area contributed by atoms with Crippen molar-refractivity contribution in [2.45, 2.75) is 26.3 Å². The number of carbonyl (C=O) groups is 1. The van der Waals surface area contributed by atoms with Crippen LogP contribution < -0.4 is 10.6 Å². The Kier molecular flexibility index (Phi) is 4.12. The van der Waals surface area contributed by atoms with E-state index in [-0.39, 0.29) is 11.8 Å². The summed E-state index contributed by atoms with van der Waals surface area (Å²) in [4.78, 5) is 20.7. The molecule has 1 aliphatic rings. The topological polar surface area (TPSA) is 71.8 Å². The highest BCUT2D eigenvalue weighted by Crippen LogP contribution is 2.28. The van der Waals surface area contributed by atoms with Crippen LogP contribution >= 0.6 is 11.3 Å². The minimum Gasteiger partial charge on any atom is -0.337 e. The van der Waals surface area contributed by atoms with Crippen molar-refractivity contribution in [2.75, 3.05) is 11.9 Å². The van der Waals surface area contributed by atoms with E-state index in [2.05, 4.69) is 25.2 Å². The molecule has 4 rings (SSSR count). The van der Waals surface area contributed by atoms with Crippen molar-refractivity contribution in [3.05, 3.63) is 41.7 Å². The summed E-state index contributed by atoms with van der Waals surface area (Å²) in [5.41, 5.74) is 1.13. The van der Waals surface area contributed by atoms with Crippen molar-refractivity contribution >= 4 is 32.7 Å². The summed E-state index contributed by atoms with van der Waals surface area (Å²) in [6.07, 6.45) is 5.74. The molecule has 0 radical (unpaired) electrons. The Labute approximate surface area is 148 Å². The van der Waals surface area contributed by atoms with Gasteiger partial charge in [-0.05, 0) is 30.9 Å². The molecule has 1 aromatic carbocycles. The van der Waals surface area contributed by atoms with Crippen molar-refractivity contribution in [1.29, 1.82) is 0 Å². The molecule has 0 aliphatic carbocycles. The van der Waals surface area contributed by atoms with Gasteiger partial charge in [0.1, 0.15) is 11.6 Å².